The van der Waals surface area contributed by atoms with Crippen LogP contribution in [-0.4, -0.2) is 33.1 Å². The van der Waals surface area contributed by atoms with Gasteiger partial charge in [0.2, 0.25) is 0 Å². The normalized spacial score (nSPS) is 13.8. The molecule has 1 N–H and O–H groups in total. The molecule has 0 aliphatic carbocycles. The van der Waals surface area contributed by atoms with E-state index in [-0.39, 0.29) is 0 Å². The van der Waals surface area contributed by atoms with Crippen molar-refractivity contribution in [2.45, 2.75) is 27.3 Å². The molecule has 5 rings (SSSR count). The maximum absolute atomic E-state index is 6.03. The predicted molar refractivity (Wildman–Crippen MR) is 114 cm³/mol. The van der Waals surface area contributed by atoms with Crippen molar-refractivity contribution in [3.8, 4) is 16.9 Å². The van der Waals surface area contributed by atoms with E-state index in [1.54, 1.807) is 6.33 Å². The minimum absolute atomic E-state index is 0.633. The lowest BCUT2D eigenvalue weighted by Gasteiger charge is -2.23. The number of nitrogens with zero attached hydrogens (tertiary/aromatic N) is 4. The lowest BCUT2D eigenvalue weighted by Crippen LogP contribution is -2.27. The lowest BCUT2D eigenvalue weighted by atomic mass is 10.0. The molecule has 6 heteroatoms. The number of anilines is 1. The average molecular weight is 385 g/mol. The fourth-order valence-electron chi connectivity index (χ4n) is 3.92. The van der Waals surface area contributed by atoms with Crippen LogP contribution in [0.25, 0.3) is 22.2 Å². The van der Waals surface area contributed by atoms with Crippen molar-refractivity contribution < 1.29 is 4.74 Å². The molecular weight excluding hydrogens is 362 g/mol. The predicted octanol–water partition coefficient (Wildman–Crippen LogP) is 4.34. The van der Waals surface area contributed by atoms with E-state index < -0.39 is 0 Å². The number of benzene rings is 2. The van der Waals surface area contributed by atoms with Crippen LogP contribution in [0.4, 0.5) is 5.82 Å². The highest BCUT2D eigenvalue weighted by Gasteiger charge is 2.19. The highest BCUT2D eigenvalue weighted by molar-refractivity contribution is 5.82. The van der Waals surface area contributed by atoms with E-state index >= 15 is 0 Å². The molecule has 1 aliphatic rings. The summed E-state index contributed by atoms with van der Waals surface area (Å²) in [7, 11) is 0. The van der Waals surface area contributed by atoms with Crippen molar-refractivity contribution in [3.63, 3.8) is 0 Å². The van der Waals surface area contributed by atoms with Crippen LogP contribution in [0.2, 0.25) is 0 Å². The second-order valence-corrected chi connectivity index (χ2v) is 7.55. The molecule has 4 aromatic rings. The van der Waals surface area contributed by atoms with Crippen molar-refractivity contribution in [1.29, 1.82) is 0 Å². The van der Waals surface area contributed by atoms with Gasteiger partial charge in [0, 0.05) is 23.4 Å². The van der Waals surface area contributed by atoms with Crippen LogP contribution in [0.15, 0.2) is 42.7 Å². The van der Waals surface area contributed by atoms with E-state index in [2.05, 4.69) is 68.2 Å². The highest BCUT2D eigenvalue weighted by Crippen LogP contribution is 2.32. The van der Waals surface area contributed by atoms with Crippen molar-refractivity contribution in [2.24, 2.45) is 0 Å². The Kier molecular flexibility index (Phi) is 4.19. The summed E-state index contributed by atoms with van der Waals surface area (Å²) in [6.07, 6.45) is 1.64. The summed E-state index contributed by atoms with van der Waals surface area (Å²) in [6, 6.07) is 12.8. The fraction of sp³-hybridized carbons (Fsp3) is 0.261. The van der Waals surface area contributed by atoms with Crippen LogP contribution < -0.4 is 9.64 Å². The van der Waals surface area contributed by atoms with Crippen molar-refractivity contribution >= 4 is 16.9 Å². The first kappa shape index (κ1) is 17.7. The quantitative estimate of drug-likeness (QED) is 0.556. The van der Waals surface area contributed by atoms with E-state index in [1.165, 1.54) is 5.56 Å². The van der Waals surface area contributed by atoms with Crippen molar-refractivity contribution in [3.05, 3.63) is 65.4 Å². The Balaban J connectivity index is 1.52. The van der Waals surface area contributed by atoms with E-state index in [0.29, 0.717) is 6.61 Å². The molecule has 2 aromatic carbocycles. The summed E-state index contributed by atoms with van der Waals surface area (Å²) in [4.78, 5) is 18.9. The largest absolute Gasteiger partial charge is 0.491 e. The molecular formula is C23H23N5O. The first-order valence-electron chi connectivity index (χ1n) is 9.84. The Bertz CT molecular complexity index is 1210. The summed E-state index contributed by atoms with van der Waals surface area (Å²) >= 11 is 0. The number of ether oxygens (including phenoxy) is 1. The van der Waals surface area contributed by atoms with E-state index in [0.717, 1.165) is 63.9 Å². The Hall–Kier alpha value is -3.41. The van der Waals surface area contributed by atoms with Crippen LogP contribution in [0.3, 0.4) is 0 Å². The van der Waals surface area contributed by atoms with Crippen LogP contribution in [0, 0.1) is 20.8 Å². The molecule has 6 nitrogen and oxygen atoms in total. The number of aromatic nitrogens is 4. The molecule has 0 amide bonds. The number of aryl methyl sites for hydroxylation is 2. The number of hydrogen-bond donors (Lipinski definition) is 1. The monoisotopic (exact) mass is 385 g/mol. The van der Waals surface area contributed by atoms with Gasteiger partial charge in [0.25, 0.3) is 0 Å². The average Bonchev–Trinajstić information content (AvgIpc) is 2.96. The maximum Gasteiger partial charge on any atom is 0.135 e. The Labute approximate surface area is 169 Å². The van der Waals surface area contributed by atoms with Crippen LogP contribution in [0.1, 0.15) is 22.6 Å². The first-order chi connectivity index (χ1) is 14.1. The third kappa shape index (κ3) is 3.20. The summed E-state index contributed by atoms with van der Waals surface area (Å²) in [5.74, 6) is 2.85. The molecule has 0 fully saturated rings. The molecule has 29 heavy (non-hydrogen) atoms. The molecule has 0 saturated carbocycles. The van der Waals surface area contributed by atoms with Crippen LogP contribution in [-0.2, 0) is 6.54 Å². The summed E-state index contributed by atoms with van der Waals surface area (Å²) < 4.78 is 6.03. The SMILES string of the molecule is Cc1nc2ccc(-c3ccc4c(c3)CN(c3ncnc(C)c3C)CCO4)cc2[nH]1. The molecule has 0 atom stereocenters. The second-order valence-electron chi connectivity index (χ2n) is 7.55. The smallest absolute Gasteiger partial charge is 0.135 e. The van der Waals surface area contributed by atoms with Gasteiger partial charge in [-0.15, -0.1) is 0 Å². The molecule has 0 spiro atoms. The fourth-order valence-corrected chi connectivity index (χ4v) is 3.92. The Morgan fingerprint density at radius 1 is 1.00 bits per heavy atom. The topological polar surface area (TPSA) is 66.9 Å². The van der Waals surface area contributed by atoms with E-state index in [9.17, 15) is 0 Å². The number of H-pyrrole nitrogens is 1. The van der Waals surface area contributed by atoms with Gasteiger partial charge in [0.15, 0.2) is 0 Å². The zero-order chi connectivity index (χ0) is 20.0. The van der Waals surface area contributed by atoms with Gasteiger partial charge in [-0.3, -0.25) is 0 Å². The second kappa shape index (κ2) is 6.88. The van der Waals surface area contributed by atoms with E-state index in [4.69, 9.17) is 4.74 Å². The van der Waals surface area contributed by atoms with Gasteiger partial charge < -0.3 is 14.6 Å². The molecule has 0 bridgehead atoms. The Morgan fingerprint density at radius 2 is 1.83 bits per heavy atom. The number of hydrogen-bond acceptors (Lipinski definition) is 5. The molecule has 0 unspecified atom stereocenters. The van der Waals surface area contributed by atoms with Gasteiger partial charge >= 0.3 is 0 Å². The van der Waals surface area contributed by atoms with Crippen LogP contribution >= 0.6 is 0 Å². The number of fused-ring (bicyclic) bond motifs is 2. The number of aromatic amines is 1. The van der Waals surface area contributed by atoms with Gasteiger partial charge in [-0.2, -0.15) is 0 Å². The first-order valence-corrected chi connectivity index (χ1v) is 9.84. The minimum atomic E-state index is 0.633. The number of rotatable bonds is 2. The summed E-state index contributed by atoms with van der Waals surface area (Å²) in [6.45, 7) is 8.26. The van der Waals surface area contributed by atoms with E-state index in [1.807, 2.05) is 13.8 Å². The zero-order valence-corrected chi connectivity index (χ0v) is 16.9. The molecule has 146 valence electrons. The molecule has 0 saturated heterocycles. The highest BCUT2D eigenvalue weighted by atomic mass is 16.5. The third-order valence-electron chi connectivity index (χ3n) is 5.58. The zero-order valence-electron chi connectivity index (χ0n) is 16.9. The van der Waals surface area contributed by atoms with Crippen LogP contribution in [0.5, 0.6) is 5.75 Å². The minimum Gasteiger partial charge on any atom is -0.491 e. The molecule has 1 aliphatic heterocycles. The standard InChI is InChI=1S/C23H23N5O/c1-14-15(2)24-13-25-23(14)28-8-9-29-22-7-5-17(10-19(22)12-28)18-4-6-20-21(11-18)27-16(3)26-20/h4-7,10-11,13H,8-9,12H2,1-3H3,(H,26,27). The van der Waals surface area contributed by atoms with Gasteiger partial charge in [-0.25, -0.2) is 15.0 Å². The summed E-state index contributed by atoms with van der Waals surface area (Å²) in [5, 5.41) is 0. The number of imidazole rings is 1. The van der Waals surface area contributed by atoms with Gasteiger partial charge in [-0.1, -0.05) is 12.1 Å². The number of nitrogens with one attached hydrogen (secondary N) is 1. The van der Waals surface area contributed by atoms with Gasteiger partial charge in [-0.05, 0) is 56.2 Å². The van der Waals surface area contributed by atoms with Crippen molar-refractivity contribution in [1.82, 2.24) is 19.9 Å². The molecule has 2 aromatic heterocycles. The maximum atomic E-state index is 6.03. The molecule has 3 heterocycles. The van der Waals surface area contributed by atoms with Gasteiger partial charge in [0.05, 0.1) is 17.6 Å². The molecule has 0 radical (unpaired) electrons. The lowest BCUT2D eigenvalue weighted by molar-refractivity contribution is 0.331. The third-order valence-corrected chi connectivity index (χ3v) is 5.58. The van der Waals surface area contributed by atoms with Gasteiger partial charge in [0.1, 0.15) is 30.3 Å². The summed E-state index contributed by atoms with van der Waals surface area (Å²) in [5.41, 5.74) is 7.67. The Morgan fingerprint density at radius 3 is 2.72 bits per heavy atom. The van der Waals surface area contributed by atoms with Crippen molar-refractivity contribution in [2.75, 3.05) is 18.1 Å².